The summed E-state index contributed by atoms with van der Waals surface area (Å²) in [5.41, 5.74) is 1.15. The molecule has 0 atom stereocenters. The molecule has 3 nitrogen and oxygen atoms in total. The third kappa shape index (κ3) is 4.22. The van der Waals surface area contributed by atoms with Crippen LogP contribution < -0.4 is 5.32 Å². The van der Waals surface area contributed by atoms with Crippen LogP contribution in [0.3, 0.4) is 0 Å². The monoisotopic (exact) mass is 283 g/mol. The Labute approximate surface area is 121 Å². The van der Waals surface area contributed by atoms with Gasteiger partial charge in [0.15, 0.2) is 0 Å². The number of nitrogens with zero attached hydrogens (tertiary/aromatic N) is 2. The predicted molar refractivity (Wildman–Crippen MR) is 80.6 cm³/mol. The van der Waals surface area contributed by atoms with Gasteiger partial charge in [0.2, 0.25) is 0 Å². The molecule has 1 aliphatic carbocycles. The highest BCUT2D eigenvalue weighted by molar-refractivity contribution is 6.20. The predicted octanol–water partition coefficient (Wildman–Crippen LogP) is 3.88. The van der Waals surface area contributed by atoms with Gasteiger partial charge in [-0.3, -0.25) is 4.68 Å². The molecular weight excluding hydrogens is 258 g/mol. The fourth-order valence-corrected chi connectivity index (χ4v) is 3.10. The van der Waals surface area contributed by atoms with Crippen LogP contribution in [-0.4, -0.2) is 21.2 Å². The van der Waals surface area contributed by atoms with Crippen molar-refractivity contribution in [3.05, 3.63) is 18.0 Å². The van der Waals surface area contributed by atoms with Crippen molar-refractivity contribution in [2.75, 3.05) is 0 Å². The van der Waals surface area contributed by atoms with Gasteiger partial charge in [0, 0.05) is 24.2 Å². The Hall–Kier alpha value is -0.540. The van der Waals surface area contributed by atoms with Crippen LogP contribution in [0.2, 0.25) is 0 Å². The maximum absolute atomic E-state index is 6.13. The van der Waals surface area contributed by atoms with Gasteiger partial charge in [-0.2, -0.15) is 5.10 Å². The molecule has 108 valence electrons. The topological polar surface area (TPSA) is 29.9 Å². The minimum absolute atomic E-state index is 0.395. The summed E-state index contributed by atoms with van der Waals surface area (Å²) in [5, 5.41) is 8.69. The van der Waals surface area contributed by atoms with E-state index in [4.69, 9.17) is 11.6 Å². The first-order chi connectivity index (χ1) is 9.22. The lowest BCUT2D eigenvalue weighted by molar-refractivity contribution is 0.371. The molecule has 1 saturated carbocycles. The van der Waals surface area contributed by atoms with Gasteiger partial charge in [-0.25, -0.2) is 0 Å². The van der Waals surface area contributed by atoms with E-state index in [9.17, 15) is 0 Å². The van der Waals surface area contributed by atoms with Crippen molar-refractivity contribution < 1.29 is 0 Å². The number of hydrogen-bond acceptors (Lipinski definition) is 2. The summed E-state index contributed by atoms with van der Waals surface area (Å²) in [4.78, 5) is 0. The van der Waals surface area contributed by atoms with Crippen LogP contribution in [0.25, 0.3) is 0 Å². The fraction of sp³-hybridized carbons (Fsp3) is 0.800. The maximum Gasteiger partial charge on any atom is 0.0762 e. The summed E-state index contributed by atoms with van der Waals surface area (Å²) in [6, 6.07) is 3.30. The molecule has 2 rings (SSSR count). The zero-order valence-corrected chi connectivity index (χ0v) is 12.9. The second-order valence-electron chi connectivity index (χ2n) is 5.59. The van der Waals surface area contributed by atoms with Gasteiger partial charge >= 0.3 is 0 Å². The van der Waals surface area contributed by atoms with Crippen LogP contribution >= 0.6 is 11.6 Å². The van der Waals surface area contributed by atoms with Gasteiger partial charge in [-0.05, 0) is 44.6 Å². The molecule has 0 aliphatic heterocycles. The molecule has 0 radical (unpaired) electrons. The van der Waals surface area contributed by atoms with E-state index >= 15 is 0 Å². The van der Waals surface area contributed by atoms with E-state index in [1.165, 1.54) is 12.8 Å². The van der Waals surface area contributed by atoms with E-state index in [0.717, 1.165) is 37.9 Å². The van der Waals surface area contributed by atoms with Gasteiger partial charge in [-0.15, -0.1) is 11.6 Å². The average molecular weight is 284 g/mol. The van der Waals surface area contributed by atoms with Crippen LogP contribution in [0.5, 0.6) is 0 Å². The lowest BCUT2D eigenvalue weighted by atomic mass is 9.95. The van der Waals surface area contributed by atoms with E-state index in [-0.39, 0.29) is 0 Å². The molecule has 1 aromatic rings. The molecule has 0 bridgehead atoms. The molecule has 0 saturated heterocycles. The molecule has 1 heterocycles. The summed E-state index contributed by atoms with van der Waals surface area (Å²) >= 11 is 6.13. The van der Waals surface area contributed by atoms with Crippen molar-refractivity contribution in [3.63, 3.8) is 0 Å². The molecule has 1 N–H and O–H groups in total. The summed E-state index contributed by atoms with van der Waals surface area (Å²) in [7, 11) is 0. The molecule has 1 aliphatic rings. The first-order valence-electron chi connectivity index (χ1n) is 7.64. The summed E-state index contributed by atoms with van der Waals surface area (Å²) in [6.45, 7) is 5.32. The average Bonchev–Trinajstić information content (AvgIpc) is 2.88. The van der Waals surface area contributed by atoms with Crippen molar-refractivity contribution >= 4 is 11.6 Å². The normalized spacial score (nSPS) is 24.0. The van der Waals surface area contributed by atoms with E-state index in [1.54, 1.807) is 0 Å². The first kappa shape index (κ1) is 14.9. The molecule has 0 aromatic carbocycles. The van der Waals surface area contributed by atoms with Crippen LogP contribution in [0.1, 0.15) is 64.1 Å². The molecule has 0 unspecified atom stereocenters. The molecule has 0 amide bonds. The summed E-state index contributed by atoms with van der Waals surface area (Å²) < 4.78 is 2.12. The molecule has 1 fully saturated rings. The van der Waals surface area contributed by atoms with E-state index in [1.807, 2.05) is 0 Å². The third-order valence-electron chi connectivity index (χ3n) is 4.21. The van der Waals surface area contributed by atoms with Crippen molar-refractivity contribution in [1.29, 1.82) is 0 Å². The Balaban J connectivity index is 1.80. The fourth-order valence-electron chi connectivity index (χ4n) is 2.84. The Kier molecular flexibility index (Phi) is 5.71. The molecular formula is C15H26ClN3. The van der Waals surface area contributed by atoms with Crippen molar-refractivity contribution in [2.45, 2.75) is 76.4 Å². The minimum Gasteiger partial charge on any atom is -0.308 e. The van der Waals surface area contributed by atoms with E-state index < -0.39 is 0 Å². The largest absolute Gasteiger partial charge is 0.308 e. The molecule has 0 spiro atoms. The number of halogens is 1. The lowest BCUT2D eigenvalue weighted by Gasteiger charge is -2.25. The number of rotatable bonds is 6. The van der Waals surface area contributed by atoms with Gasteiger partial charge in [0.1, 0.15) is 0 Å². The van der Waals surface area contributed by atoms with Gasteiger partial charge in [-0.1, -0.05) is 13.8 Å². The third-order valence-corrected chi connectivity index (χ3v) is 4.65. The van der Waals surface area contributed by atoms with Crippen LogP contribution in [-0.2, 0) is 6.54 Å². The number of hydrogen-bond donors (Lipinski definition) is 1. The zero-order valence-electron chi connectivity index (χ0n) is 12.1. The highest BCUT2D eigenvalue weighted by atomic mass is 35.5. The summed E-state index contributed by atoms with van der Waals surface area (Å²) in [6.07, 6.45) is 9.07. The molecule has 1 aromatic heterocycles. The number of alkyl halides is 1. The van der Waals surface area contributed by atoms with Gasteiger partial charge in [0.05, 0.1) is 11.7 Å². The zero-order chi connectivity index (χ0) is 13.7. The second kappa shape index (κ2) is 7.30. The highest BCUT2D eigenvalue weighted by Crippen LogP contribution is 2.23. The highest BCUT2D eigenvalue weighted by Gasteiger charge is 2.19. The van der Waals surface area contributed by atoms with Crippen LogP contribution in [0, 0.1) is 0 Å². The van der Waals surface area contributed by atoms with E-state index in [0.29, 0.717) is 17.5 Å². The number of nitrogens with one attached hydrogen (secondary N) is 1. The first-order valence-corrected chi connectivity index (χ1v) is 8.08. The van der Waals surface area contributed by atoms with Crippen molar-refractivity contribution in [2.24, 2.45) is 0 Å². The van der Waals surface area contributed by atoms with E-state index in [2.05, 4.69) is 41.2 Å². The van der Waals surface area contributed by atoms with Crippen molar-refractivity contribution in [3.8, 4) is 0 Å². The van der Waals surface area contributed by atoms with Crippen molar-refractivity contribution in [1.82, 2.24) is 15.1 Å². The summed E-state index contributed by atoms with van der Waals surface area (Å²) in [5.74, 6) is 0. The maximum atomic E-state index is 6.13. The SMILES string of the molecule is CCC(CC)n1ccc(CNC2CCC(Cl)CC2)n1. The Morgan fingerprint density at radius 1 is 1.32 bits per heavy atom. The quantitative estimate of drug-likeness (QED) is 0.803. The Morgan fingerprint density at radius 3 is 2.63 bits per heavy atom. The standard InChI is InChI=1S/C15H26ClN3/c1-3-15(4-2)19-10-9-14(18-19)11-17-13-7-5-12(16)6-8-13/h9-10,12-13,15,17H,3-8,11H2,1-2H3. The molecule has 4 heteroatoms. The minimum atomic E-state index is 0.395. The van der Waals surface area contributed by atoms with Crippen LogP contribution in [0.4, 0.5) is 0 Å². The second-order valence-corrected chi connectivity index (χ2v) is 6.20. The Bertz CT molecular complexity index is 365. The number of aromatic nitrogens is 2. The van der Waals surface area contributed by atoms with Gasteiger partial charge < -0.3 is 5.32 Å². The molecule has 19 heavy (non-hydrogen) atoms. The smallest absolute Gasteiger partial charge is 0.0762 e. The Morgan fingerprint density at radius 2 is 2.00 bits per heavy atom. The van der Waals surface area contributed by atoms with Gasteiger partial charge in [0.25, 0.3) is 0 Å². The lowest BCUT2D eigenvalue weighted by Crippen LogP contribution is -2.33. The van der Waals surface area contributed by atoms with Crippen LogP contribution in [0.15, 0.2) is 12.3 Å².